The predicted octanol–water partition coefficient (Wildman–Crippen LogP) is 15.2. The lowest BCUT2D eigenvalue weighted by Crippen LogP contribution is -1.97. The highest BCUT2D eigenvalue weighted by Crippen LogP contribution is 2.46. The lowest BCUT2D eigenvalue weighted by atomic mass is 10.1. The van der Waals surface area contributed by atoms with Crippen LogP contribution in [0.5, 0.6) is 0 Å². The molecule has 5 heterocycles. The van der Waals surface area contributed by atoms with Crippen molar-refractivity contribution in [2.45, 2.75) is 0 Å². The van der Waals surface area contributed by atoms with Crippen molar-refractivity contribution in [1.29, 1.82) is 0 Å². The van der Waals surface area contributed by atoms with Gasteiger partial charge in [-0.15, -0.1) is 11.3 Å². The molecule has 0 bridgehead atoms. The summed E-state index contributed by atoms with van der Waals surface area (Å²) in [6.45, 7) is 0. The maximum Gasteiger partial charge on any atom is 0.137 e. The van der Waals surface area contributed by atoms with Gasteiger partial charge >= 0.3 is 0 Å². The molecule has 0 aliphatic rings. The van der Waals surface area contributed by atoms with Crippen molar-refractivity contribution in [2.24, 2.45) is 0 Å². The number of hydrogen-bond acceptors (Lipinski definition) is 2. The molecule has 5 heteroatoms. The Hall–Kier alpha value is -7.60. The van der Waals surface area contributed by atoms with Crippen molar-refractivity contribution in [2.75, 3.05) is 0 Å². The van der Waals surface area contributed by atoms with E-state index < -0.39 is 0 Å². The largest absolute Gasteiger partial charge is 0.456 e. The number of fused-ring (bicyclic) bond motifs is 16. The predicted molar refractivity (Wildman–Crippen MR) is 250 cm³/mol. The van der Waals surface area contributed by atoms with E-state index in [9.17, 15) is 0 Å². The Morgan fingerprint density at radius 3 is 1.53 bits per heavy atom. The number of rotatable bonds is 3. The number of furan rings is 1. The lowest BCUT2D eigenvalue weighted by Gasteiger charge is -2.12. The molecule has 14 aromatic rings. The van der Waals surface area contributed by atoms with Crippen LogP contribution in [0.25, 0.3) is 125 Å². The van der Waals surface area contributed by atoms with Crippen molar-refractivity contribution >= 4 is 119 Å². The minimum absolute atomic E-state index is 0.889. The van der Waals surface area contributed by atoms with Crippen LogP contribution in [-0.4, -0.2) is 13.7 Å². The first-order chi connectivity index (χ1) is 29.3. The molecule has 0 unspecified atom stereocenters. The summed E-state index contributed by atoms with van der Waals surface area (Å²) >= 11 is 1.87. The summed E-state index contributed by atoms with van der Waals surface area (Å²) < 4.78 is 16.4. The Morgan fingerprint density at radius 2 is 0.797 bits per heavy atom. The second kappa shape index (κ2) is 11.5. The molecule has 0 N–H and O–H groups in total. The molecule has 274 valence electrons. The van der Waals surface area contributed by atoms with Crippen LogP contribution in [-0.2, 0) is 0 Å². The molecule has 9 aromatic carbocycles. The zero-order chi connectivity index (χ0) is 38.3. The Balaban J connectivity index is 1.08. The Labute approximate surface area is 340 Å². The van der Waals surface area contributed by atoms with Crippen LogP contribution < -0.4 is 0 Å². The van der Waals surface area contributed by atoms with Gasteiger partial charge in [0.1, 0.15) is 11.2 Å². The zero-order valence-electron chi connectivity index (χ0n) is 31.6. The molecule has 0 spiro atoms. The van der Waals surface area contributed by atoms with Gasteiger partial charge in [-0.1, -0.05) is 109 Å². The molecule has 0 aliphatic carbocycles. The normalized spacial score (nSPS) is 12.4. The number of thiophene rings is 1. The minimum atomic E-state index is 0.889. The summed E-state index contributed by atoms with van der Waals surface area (Å²) in [4.78, 5) is 0. The molecular weight excluding hydrogens is 739 g/mol. The smallest absolute Gasteiger partial charge is 0.137 e. The summed E-state index contributed by atoms with van der Waals surface area (Å²) in [6.07, 6.45) is 0. The standard InChI is InChI=1S/C54H31N3OS/c1-7-19-40-35(14-1)51-42(56(40)44-23-12-25-48-52(44)38-17-4-9-24-47(38)58-48)21-11-22-43(51)57-41-20-8-3-16-37(41)54-46(57)30-29-45-53(54)36-15-2-6-18-39(36)55(45)32-27-28-34-33-13-5-10-26-49(33)59-50(34)31-32/h1-31H. The molecule has 5 aromatic heterocycles. The summed E-state index contributed by atoms with van der Waals surface area (Å²) in [7, 11) is 0. The van der Waals surface area contributed by atoms with E-state index in [1.54, 1.807) is 0 Å². The van der Waals surface area contributed by atoms with Gasteiger partial charge in [-0.2, -0.15) is 0 Å². The summed E-state index contributed by atoms with van der Waals surface area (Å²) in [6, 6.07) is 68.7. The summed E-state index contributed by atoms with van der Waals surface area (Å²) in [5.74, 6) is 0. The number of para-hydroxylation sites is 4. The monoisotopic (exact) mass is 769 g/mol. The van der Waals surface area contributed by atoms with Crippen LogP contribution >= 0.6 is 11.3 Å². The number of nitrogens with zero attached hydrogens (tertiary/aromatic N) is 3. The Morgan fingerprint density at radius 1 is 0.305 bits per heavy atom. The van der Waals surface area contributed by atoms with Crippen LogP contribution in [0.1, 0.15) is 0 Å². The quantitative estimate of drug-likeness (QED) is 0.176. The van der Waals surface area contributed by atoms with Crippen LogP contribution in [0, 0.1) is 0 Å². The fraction of sp³-hybridized carbons (Fsp3) is 0. The average Bonchev–Trinajstić information content (AvgIpc) is 4.09. The fourth-order valence-electron chi connectivity index (χ4n) is 10.3. The van der Waals surface area contributed by atoms with Gasteiger partial charge < -0.3 is 18.1 Å². The first kappa shape index (κ1) is 31.5. The fourth-order valence-corrected chi connectivity index (χ4v) is 11.4. The van der Waals surface area contributed by atoms with Gasteiger partial charge in [0.2, 0.25) is 0 Å². The second-order valence-corrected chi connectivity index (χ2v) is 16.7. The van der Waals surface area contributed by atoms with E-state index in [1.807, 2.05) is 17.4 Å². The third-order valence-electron chi connectivity index (χ3n) is 12.6. The van der Waals surface area contributed by atoms with Crippen molar-refractivity contribution in [3.63, 3.8) is 0 Å². The van der Waals surface area contributed by atoms with E-state index in [-0.39, 0.29) is 0 Å². The van der Waals surface area contributed by atoms with Crippen LogP contribution in [0.4, 0.5) is 0 Å². The highest BCUT2D eigenvalue weighted by Gasteiger charge is 2.24. The van der Waals surface area contributed by atoms with Crippen LogP contribution in [0.15, 0.2) is 192 Å². The van der Waals surface area contributed by atoms with Gasteiger partial charge in [0, 0.05) is 63.6 Å². The third kappa shape index (κ3) is 4.11. The van der Waals surface area contributed by atoms with Gasteiger partial charge in [0.15, 0.2) is 0 Å². The number of hydrogen-bond donors (Lipinski definition) is 0. The average molecular weight is 770 g/mol. The summed E-state index contributed by atoms with van der Waals surface area (Å²) in [5.41, 5.74) is 12.3. The van der Waals surface area contributed by atoms with E-state index in [0.29, 0.717) is 0 Å². The van der Waals surface area contributed by atoms with E-state index in [1.165, 1.54) is 80.2 Å². The first-order valence-corrected chi connectivity index (χ1v) is 20.9. The van der Waals surface area contributed by atoms with Gasteiger partial charge in [-0.25, -0.2) is 0 Å². The van der Waals surface area contributed by atoms with E-state index in [0.717, 1.165) is 44.3 Å². The molecular formula is C54H31N3OS. The topological polar surface area (TPSA) is 27.9 Å². The molecule has 0 fully saturated rings. The van der Waals surface area contributed by atoms with Crippen LogP contribution in [0.3, 0.4) is 0 Å². The van der Waals surface area contributed by atoms with E-state index in [4.69, 9.17) is 4.42 Å². The molecule has 14 rings (SSSR count). The third-order valence-corrected chi connectivity index (χ3v) is 13.8. The molecule has 0 aliphatic heterocycles. The zero-order valence-corrected chi connectivity index (χ0v) is 32.4. The molecule has 0 atom stereocenters. The van der Waals surface area contributed by atoms with Gasteiger partial charge in [0.05, 0.1) is 49.9 Å². The van der Waals surface area contributed by atoms with Gasteiger partial charge in [0.25, 0.3) is 0 Å². The number of benzene rings is 9. The highest BCUT2D eigenvalue weighted by atomic mass is 32.1. The van der Waals surface area contributed by atoms with Crippen molar-refractivity contribution < 1.29 is 4.42 Å². The highest BCUT2D eigenvalue weighted by molar-refractivity contribution is 7.25. The second-order valence-electron chi connectivity index (χ2n) is 15.6. The lowest BCUT2D eigenvalue weighted by molar-refractivity contribution is 0.669. The van der Waals surface area contributed by atoms with E-state index in [2.05, 4.69) is 196 Å². The SMILES string of the molecule is c1ccc2c(c1)oc1cccc(-n3c4ccccc4c4c(-n5c6ccccc6c6c7c8ccccc8n(-c8ccc9c(c8)sc8ccccc89)c7ccc65)cccc43)c12. The maximum atomic E-state index is 6.40. The molecule has 0 saturated carbocycles. The summed E-state index contributed by atoms with van der Waals surface area (Å²) in [5, 5.41) is 12.3. The molecule has 0 radical (unpaired) electrons. The Bertz CT molecular complexity index is 4090. The molecule has 59 heavy (non-hydrogen) atoms. The molecule has 4 nitrogen and oxygen atoms in total. The number of aromatic nitrogens is 3. The van der Waals surface area contributed by atoms with Crippen molar-refractivity contribution in [3.8, 4) is 17.1 Å². The van der Waals surface area contributed by atoms with Gasteiger partial charge in [-0.3, -0.25) is 0 Å². The van der Waals surface area contributed by atoms with Crippen LogP contribution in [0.2, 0.25) is 0 Å². The Kier molecular flexibility index (Phi) is 6.14. The van der Waals surface area contributed by atoms with E-state index >= 15 is 0 Å². The van der Waals surface area contributed by atoms with Crippen molar-refractivity contribution in [3.05, 3.63) is 188 Å². The molecule has 0 saturated heterocycles. The molecule has 0 amide bonds. The van der Waals surface area contributed by atoms with Crippen molar-refractivity contribution in [1.82, 2.24) is 13.7 Å². The maximum absolute atomic E-state index is 6.40. The van der Waals surface area contributed by atoms with Gasteiger partial charge in [-0.05, 0) is 78.9 Å². The first-order valence-electron chi connectivity index (χ1n) is 20.1. The minimum Gasteiger partial charge on any atom is -0.456 e.